The Morgan fingerprint density at radius 1 is 1.21 bits per heavy atom. The molecule has 1 aromatic carbocycles. The lowest BCUT2D eigenvalue weighted by Gasteiger charge is -2.09. The molecule has 1 heterocycles. The Morgan fingerprint density at radius 2 is 1.95 bits per heavy atom. The average molecular weight is 278 g/mol. The first-order chi connectivity index (χ1) is 9.13. The van der Waals surface area contributed by atoms with E-state index in [-0.39, 0.29) is 5.91 Å². The fourth-order valence-corrected chi connectivity index (χ4v) is 2.12. The molecule has 2 aromatic rings. The molecule has 0 unspecified atom stereocenters. The molecule has 0 aliphatic rings. The Labute approximate surface area is 115 Å². The number of benzene rings is 1. The van der Waals surface area contributed by atoms with Crippen molar-refractivity contribution >= 4 is 23.1 Å². The summed E-state index contributed by atoms with van der Waals surface area (Å²) in [6, 6.07) is 6.94. The summed E-state index contributed by atoms with van der Waals surface area (Å²) in [6.07, 6.45) is 0. The summed E-state index contributed by atoms with van der Waals surface area (Å²) in [7, 11) is 3.11. The third kappa shape index (κ3) is 3.03. The molecule has 1 aromatic heterocycles. The van der Waals surface area contributed by atoms with E-state index in [2.05, 4.69) is 9.69 Å². The van der Waals surface area contributed by atoms with Gasteiger partial charge in [-0.1, -0.05) is 0 Å². The summed E-state index contributed by atoms with van der Waals surface area (Å²) in [5, 5.41) is 2.77. The fraction of sp³-hybridized carbons (Fsp3) is 0.231. The maximum atomic E-state index is 11.9. The minimum atomic E-state index is -0.239. The number of rotatable bonds is 4. The summed E-state index contributed by atoms with van der Waals surface area (Å²) >= 11 is 1.30. The monoisotopic (exact) mass is 278 g/mol. The van der Waals surface area contributed by atoms with Gasteiger partial charge in [-0.05, 0) is 36.7 Å². The van der Waals surface area contributed by atoms with Crippen molar-refractivity contribution in [2.75, 3.05) is 19.5 Å². The largest absolute Gasteiger partial charge is 0.493 e. The van der Waals surface area contributed by atoms with Crippen molar-refractivity contribution in [1.82, 2.24) is 4.37 Å². The minimum Gasteiger partial charge on any atom is -0.493 e. The Kier molecular flexibility index (Phi) is 4.01. The van der Waals surface area contributed by atoms with Crippen molar-refractivity contribution in [1.29, 1.82) is 0 Å². The minimum absolute atomic E-state index is 0.239. The van der Waals surface area contributed by atoms with Crippen LogP contribution < -0.4 is 14.8 Å². The lowest BCUT2D eigenvalue weighted by atomic mass is 10.2. The zero-order valence-corrected chi connectivity index (χ0v) is 11.7. The number of methoxy groups -OCH3 is 2. The third-order valence-electron chi connectivity index (χ3n) is 2.50. The van der Waals surface area contributed by atoms with Gasteiger partial charge in [-0.2, -0.15) is 4.37 Å². The summed E-state index contributed by atoms with van der Waals surface area (Å²) in [5.41, 5.74) is 1.05. The van der Waals surface area contributed by atoms with Gasteiger partial charge in [-0.3, -0.25) is 4.79 Å². The molecule has 0 saturated carbocycles. The number of anilines is 1. The Morgan fingerprint density at radius 3 is 2.53 bits per heavy atom. The van der Waals surface area contributed by atoms with Crippen LogP contribution in [0.1, 0.15) is 15.4 Å². The number of aryl methyl sites for hydroxylation is 1. The lowest BCUT2D eigenvalue weighted by Crippen LogP contribution is -2.12. The van der Waals surface area contributed by atoms with Crippen LogP contribution in [0.2, 0.25) is 0 Å². The molecule has 100 valence electrons. The van der Waals surface area contributed by atoms with Crippen LogP contribution in [-0.2, 0) is 0 Å². The van der Waals surface area contributed by atoms with E-state index in [4.69, 9.17) is 9.47 Å². The van der Waals surface area contributed by atoms with Gasteiger partial charge in [0.1, 0.15) is 5.69 Å². The highest BCUT2D eigenvalue weighted by molar-refractivity contribution is 7.05. The molecular weight excluding hydrogens is 264 g/mol. The molecule has 19 heavy (non-hydrogen) atoms. The fourth-order valence-electron chi connectivity index (χ4n) is 1.58. The van der Waals surface area contributed by atoms with Crippen LogP contribution in [-0.4, -0.2) is 24.5 Å². The normalized spacial score (nSPS) is 10.1. The molecular formula is C13H14N2O3S. The SMILES string of the molecule is COc1ccc(NC(=O)c2cc(C)sn2)cc1OC. The highest BCUT2D eigenvalue weighted by atomic mass is 32.1. The number of nitrogens with zero attached hydrogens (tertiary/aromatic N) is 1. The molecule has 0 bridgehead atoms. The number of aromatic nitrogens is 1. The van der Waals surface area contributed by atoms with Crippen LogP contribution in [0, 0.1) is 6.92 Å². The average Bonchev–Trinajstić information content (AvgIpc) is 2.85. The van der Waals surface area contributed by atoms with E-state index in [1.54, 1.807) is 38.5 Å². The first kappa shape index (κ1) is 13.4. The first-order valence-corrected chi connectivity index (χ1v) is 6.38. The van der Waals surface area contributed by atoms with Gasteiger partial charge in [0.05, 0.1) is 14.2 Å². The van der Waals surface area contributed by atoms with Crippen molar-refractivity contribution in [2.24, 2.45) is 0 Å². The summed E-state index contributed by atoms with van der Waals surface area (Å²) in [4.78, 5) is 12.9. The van der Waals surface area contributed by atoms with Crippen LogP contribution in [0.4, 0.5) is 5.69 Å². The van der Waals surface area contributed by atoms with Crippen LogP contribution in [0.5, 0.6) is 11.5 Å². The van der Waals surface area contributed by atoms with E-state index in [0.29, 0.717) is 22.9 Å². The highest BCUT2D eigenvalue weighted by Crippen LogP contribution is 2.29. The number of amides is 1. The van der Waals surface area contributed by atoms with Crippen molar-refractivity contribution in [3.63, 3.8) is 0 Å². The number of hydrogen-bond donors (Lipinski definition) is 1. The smallest absolute Gasteiger partial charge is 0.275 e. The maximum Gasteiger partial charge on any atom is 0.275 e. The van der Waals surface area contributed by atoms with Gasteiger partial charge in [0.25, 0.3) is 5.91 Å². The quantitative estimate of drug-likeness (QED) is 0.934. The predicted octanol–water partition coefficient (Wildman–Crippen LogP) is 2.72. The molecule has 1 N–H and O–H groups in total. The van der Waals surface area contributed by atoms with E-state index in [9.17, 15) is 4.79 Å². The van der Waals surface area contributed by atoms with Crippen molar-refractivity contribution in [3.8, 4) is 11.5 Å². The molecule has 0 spiro atoms. The first-order valence-electron chi connectivity index (χ1n) is 5.60. The number of carbonyl (C=O) groups excluding carboxylic acids is 1. The van der Waals surface area contributed by atoms with E-state index >= 15 is 0 Å². The number of ether oxygens (including phenoxy) is 2. The Balaban J connectivity index is 2.17. The van der Waals surface area contributed by atoms with Crippen LogP contribution in [0.25, 0.3) is 0 Å². The number of carbonyl (C=O) groups is 1. The molecule has 0 fully saturated rings. The van der Waals surface area contributed by atoms with Crippen LogP contribution in [0.3, 0.4) is 0 Å². The van der Waals surface area contributed by atoms with Crippen molar-refractivity contribution in [2.45, 2.75) is 6.92 Å². The van der Waals surface area contributed by atoms with Crippen LogP contribution in [0.15, 0.2) is 24.3 Å². The van der Waals surface area contributed by atoms with Crippen molar-refractivity contribution < 1.29 is 14.3 Å². The predicted molar refractivity (Wildman–Crippen MR) is 74.4 cm³/mol. The second kappa shape index (κ2) is 5.71. The summed E-state index contributed by atoms with van der Waals surface area (Å²) in [5.74, 6) is 0.941. The van der Waals surface area contributed by atoms with Gasteiger partial charge in [-0.25, -0.2) is 0 Å². The molecule has 5 nitrogen and oxygen atoms in total. The van der Waals surface area contributed by atoms with Crippen LogP contribution >= 0.6 is 11.5 Å². The summed E-state index contributed by atoms with van der Waals surface area (Å²) in [6.45, 7) is 1.91. The maximum absolute atomic E-state index is 11.9. The second-order valence-corrected chi connectivity index (χ2v) is 4.86. The number of nitrogens with one attached hydrogen (secondary N) is 1. The topological polar surface area (TPSA) is 60.5 Å². The van der Waals surface area contributed by atoms with E-state index in [1.807, 2.05) is 6.92 Å². The van der Waals surface area contributed by atoms with E-state index < -0.39 is 0 Å². The molecule has 0 radical (unpaired) electrons. The lowest BCUT2D eigenvalue weighted by molar-refractivity contribution is 0.102. The molecule has 0 aliphatic heterocycles. The molecule has 0 saturated heterocycles. The van der Waals surface area contributed by atoms with E-state index in [1.165, 1.54) is 11.5 Å². The van der Waals surface area contributed by atoms with E-state index in [0.717, 1.165) is 4.88 Å². The molecule has 1 amide bonds. The second-order valence-electron chi connectivity index (χ2n) is 3.85. The third-order valence-corrected chi connectivity index (χ3v) is 3.20. The van der Waals surface area contributed by atoms with Gasteiger partial charge in [0, 0.05) is 16.6 Å². The molecule has 2 rings (SSSR count). The van der Waals surface area contributed by atoms with Gasteiger partial charge in [0.15, 0.2) is 11.5 Å². The van der Waals surface area contributed by atoms with Gasteiger partial charge in [-0.15, -0.1) is 0 Å². The van der Waals surface area contributed by atoms with Gasteiger partial charge >= 0.3 is 0 Å². The summed E-state index contributed by atoms with van der Waals surface area (Å²) < 4.78 is 14.4. The highest BCUT2D eigenvalue weighted by Gasteiger charge is 2.11. The zero-order valence-electron chi connectivity index (χ0n) is 10.9. The molecule has 0 aliphatic carbocycles. The number of hydrogen-bond acceptors (Lipinski definition) is 5. The zero-order chi connectivity index (χ0) is 13.8. The van der Waals surface area contributed by atoms with Gasteiger partial charge < -0.3 is 14.8 Å². The van der Waals surface area contributed by atoms with Crippen molar-refractivity contribution in [3.05, 3.63) is 34.8 Å². The molecule has 0 atom stereocenters. The Hall–Kier alpha value is -2.08. The van der Waals surface area contributed by atoms with Gasteiger partial charge in [0.2, 0.25) is 0 Å². The Bertz CT molecular complexity index is 595. The molecule has 6 heteroatoms. The standard InChI is InChI=1S/C13H14N2O3S/c1-8-6-10(15-19-8)13(16)14-9-4-5-11(17-2)12(7-9)18-3/h4-7H,1-3H3,(H,14,16).